The van der Waals surface area contributed by atoms with Crippen LogP contribution in [0.25, 0.3) is 0 Å². The summed E-state index contributed by atoms with van der Waals surface area (Å²) in [5.74, 6) is 0.0461. The fraction of sp³-hybridized carbons (Fsp3) is 0.350. The topological polar surface area (TPSA) is 41.6 Å². The molecule has 132 valence electrons. The lowest BCUT2D eigenvalue weighted by atomic mass is 10.0. The summed E-state index contributed by atoms with van der Waals surface area (Å²) in [7, 11) is 0. The van der Waals surface area contributed by atoms with Gasteiger partial charge in [-0.15, -0.1) is 0 Å². The van der Waals surface area contributed by atoms with Crippen molar-refractivity contribution in [2.45, 2.75) is 18.9 Å². The van der Waals surface area contributed by atoms with Crippen molar-refractivity contribution in [3.8, 4) is 5.75 Å². The van der Waals surface area contributed by atoms with Crippen LogP contribution in [0.15, 0.2) is 54.6 Å². The van der Waals surface area contributed by atoms with Gasteiger partial charge in [-0.1, -0.05) is 30.3 Å². The van der Waals surface area contributed by atoms with Crippen LogP contribution < -0.4 is 10.1 Å². The number of benzene rings is 2. The van der Waals surface area contributed by atoms with Crippen LogP contribution in [-0.2, 0) is 0 Å². The van der Waals surface area contributed by atoms with Crippen LogP contribution in [0.3, 0.4) is 0 Å². The zero-order valence-corrected chi connectivity index (χ0v) is 14.2. The van der Waals surface area contributed by atoms with Crippen molar-refractivity contribution in [2.75, 3.05) is 26.2 Å². The summed E-state index contributed by atoms with van der Waals surface area (Å²) in [6, 6.07) is 16.2. The lowest BCUT2D eigenvalue weighted by Crippen LogP contribution is -2.45. The molecule has 1 fully saturated rings. The van der Waals surface area contributed by atoms with Crippen molar-refractivity contribution in [1.29, 1.82) is 0 Å². The molecule has 2 aromatic carbocycles. The fourth-order valence-electron chi connectivity index (χ4n) is 3.04. The number of rotatable bonds is 6. The number of hydrogen-bond acceptors (Lipinski definition) is 3. The first-order chi connectivity index (χ1) is 12.2. The minimum absolute atomic E-state index is 0.0990. The quantitative estimate of drug-likeness (QED) is 0.820. The van der Waals surface area contributed by atoms with Gasteiger partial charge in [0.05, 0.1) is 0 Å². The maximum Gasteiger partial charge on any atom is 0.253 e. The van der Waals surface area contributed by atoms with Crippen LogP contribution in [0.4, 0.5) is 4.39 Å². The molecular formula is C20H23FN2O2. The van der Waals surface area contributed by atoms with Gasteiger partial charge in [-0.05, 0) is 37.1 Å². The van der Waals surface area contributed by atoms with Crippen LogP contribution in [0.1, 0.15) is 23.2 Å². The van der Waals surface area contributed by atoms with Crippen molar-refractivity contribution < 1.29 is 13.9 Å². The molecule has 0 atom stereocenters. The summed E-state index contributed by atoms with van der Waals surface area (Å²) < 4.78 is 18.9. The van der Waals surface area contributed by atoms with Gasteiger partial charge in [0, 0.05) is 31.2 Å². The zero-order valence-electron chi connectivity index (χ0n) is 14.2. The Morgan fingerprint density at radius 2 is 1.76 bits per heavy atom. The molecule has 1 N–H and O–H groups in total. The number of carbonyl (C=O) groups excluding carboxylic acids is 1. The molecule has 0 unspecified atom stereocenters. The monoisotopic (exact) mass is 342 g/mol. The molecule has 1 heterocycles. The van der Waals surface area contributed by atoms with Gasteiger partial charge in [-0.25, -0.2) is 4.39 Å². The normalized spacial score (nSPS) is 15.2. The third-order valence-electron chi connectivity index (χ3n) is 4.43. The van der Waals surface area contributed by atoms with E-state index < -0.39 is 0 Å². The zero-order chi connectivity index (χ0) is 17.5. The maximum atomic E-state index is 13.4. The van der Waals surface area contributed by atoms with E-state index in [0.29, 0.717) is 19.2 Å². The summed E-state index contributed by atoms with van der Waals surface area (Å²) in [5, 5.41) is 3.43. The lowest BCUT2D eigenvalue weighted by Gasteiger charge is -2.32. The summed E-state index contributed by atoms with van der Waals surface area (Å²) in [4.78, 5) is 14.3. The number of para-hydroxylation sites is 1. The van der Waals surface area contributed by atoms with Crippen molar-refractivity contribution in [1.82, 2.24) is 10.2 Å². The van der Waals surface area contributed by atoms with Crippen molar-refractivity contribution in [2.24, 2.45) is 0 Å². The van der Waals surface area contributed by atoms with Crippen LogP contribution >= 0.6 is 0 Å². The molecule has 0 bridgehead atoms. The predicted molar refractivity (Wildman–Crippen MR) is 95.3 cm³/mol. The number of amides is 1. The summed E-state index contributed by atoms with van der Waals surface area (Å²) in [6.45, 7) is 2.58. The molecule has 25 heavy (non-hydrogen) atoms. The van der Waals surface area contributed by atoms with Crippen molar-refractivity contribution in [3.63, 3.8) is 0 Å². The van der Waals surface area contributed by atoms with E-state index in [0.717, 1.165) is 31.5 Å². The Bertz CT molecular complexity index is 685. The molecule has 5 heteroatoms. The molecule has 4 nitrogen and oxygen atoms in total. The van der Waals surface area contributed by atoms with Gasteiger partial charge in [-0.3, -0.25) is 4.79 Å². The van der Waals surface area contributed by atoms with Gasteiger partial charge in [0.1, 0.15) is 6.61 Å². The second kappa shape index (κ2) is 8.62. The van der Waals surface area contributed by atoms with Crippen molar-refractivity contribution in [3.05, 3.63) is 66.0 Å². The molecule has 0 aromatic heterocycles. The van der Waals surface area contributed by atoms with Gasteiger partial charge in [-0.2, -0.15) is 0 Å². The highest BCUT2D eigenvalue weighted by Crippen LogP contribution is 2.16. The minimum atomic E-state index is -0.338. The number of piperidine rings is 1. The first kappa shape index (κ1) is 17.4. The molecule has 0 radical (unpaired) electrons. The largest absolute Gasteiger partial charge is 0.489 e. The SMILES string of the molecule is O=C(c1ccccc1)N1CCC(NCCOc2ccccc2F)CC1. The van der Waals surface area contributed by atoms with E-state index in [1.165, 1.54) is 6.07 Å². The maximum absolute atomic E-state index is 13.4. The molecule has 0 saturated carbocycles. The Kier molecular flexibility index (Phi) is 6.01. The van der Waals surface area contributed by atoms with Gasteiger partial charge in [0.2, 0.25) is 0 Å². The highest BCUT2D eigenvalue weighted by atomic mass is 19.1. The lowest BCUT2D eigenvalue weighted by molar-refractivity contribution is 0.0704. The van der Waals surface area contributed by atoms with E-state index in [1.807, 2.05) is 35.2 Å². The molecule has 1 aliphatic heterocycles. The standard InChI is InChI=1S/C20H23FN2O2/c21-18-8-4-5-9-19(18)25-15-12-22-17-10-13-23(14-11-17)20(24)16-6-2-1-3-7-16/h1-9,17,22H,10-15H2. The van der Waals surface area contributed by atoms with E-state index in [9.17, 15) is 9.18 Å². The van der Waals surface area contributed by atoms with E-state index >= 15 is 0 Å². The average Bonchev–Trinajstić information content (AvgIpc) is 2.67. The fourth-order valence-corrected chi connectivity index (χ4v) is 3.04. The Labute approximate surface area is 147 Å². The number of carbonyl (C=O) groups is 1. The first-order valence-electron chi connectivity index (χ1n) is 8.69. The number of halogens is 1. The molecular weight excluding hydrogens is 319 g/mol. The van der Waals surface area contributed by atoms with E-state index in [2.05, 4.69) is 5.32 Å². The summed E-state index contributed by atoms with van der Waals surface area (Å²) in [5.41, 5.74) is 0.743. The second-order valence-corrected chi connectivity index (χ2v) is 6.17. The smallest absolute Gasteiger partial charge is 0.253 e. The Morgan fingerprint density at radius 3 is 2.48 bits per heavy atom. The van der Waals surface area contributed by atoms with Crippen LogP contribution in [0.5, 0.6) is 5.75 Å². The van der Waals surface area contributed by atoms with E-state index in [-0.39, 0.29) is 17.5 Å². The third-order valence-corrected chi connectivity index (χ3v) is 4.43. The van der Waals surface area contributed by atoms with Crippen LogP contribution in [0.2, 0.25) is 0 Å². The summed E-state index contributed by atoms with van der Waals surface area (Å²) >= 11 is 0. The van der Waals surface area contributed by atoms with E-state index in [1.54, 1.807) is 18.2 Å². The van der Waals surface area contributed by atoms with Gasteiger partial charge in [0.15, 0.2) is 11.6 Å². The van der Waals surface area contributed by atoms with Crippen LogP contribution in [0, 0.1) is 5.82 Å². The molecule has 0 spiro atoms. The minimum Gasteiger partial charge on any atom is -0.489 e. The Morgan fingerprint density at radius 1 is 1.08 bits per heavy atom. The summed E-state index contributed by atoms with van der Waals surface area (Å²) in [6.07, 6.45) is 1.83. The molecule has 1 aliphatic rings. The average molecular weight is 342 g/mol. The van der Waals surface area contributed by atoms with E-state index in [4.69, 9.17) is 4.74 Å². The molecule has 2 aromatic rings. The predicted octanol–water partition coefficient (Wildman–Crippen LogP) is 3.10. The Hall–Kier alpha value is -2.40. The highest BCUT2D eigenvalue weighted by Gasteiger charge is 2.23. The van der Waals surface area contributed by atoms with Crippen molar-refractivity contribution >= 4 is 5.91 Å². The molecule has 3 rings (SSSR count). The number of nitrogens with one attached hydrogen (secondary N) is 1. The Balaban J connectivity index is 1.37. The third kappa shape index (κ3) is 4.79. The molecule has 0 aliphatic carbocycles. The van der Waals surface area contributed by atoms with Crippen LogP contribution in [-0.4, -0.2) is 43.1 Å². The first-order valence-corrected chi connectivity index (χ1v) is 8.69. The number of hydrogen-bond donors (Lipinski definition) is 1. The second-order valence-electron chi connectivity index (χ2n) is 6.17. The molecule has 1 amide bonds. The highest BCUT2D eigenvalue weighted by molar-refractivity contribution is 5.94. The van der Waals surface area contributed by atoms with Gasteiger partial charge < -0.3 is 15.0 Å². The molecule has 1 saturated heterocycles. The number of nitrogens with zero attached hydrogens (tertiary/aromatic N) is 1. The number of likely N-dealkylation sites (tertiary alicyclic amines) is 1. The van der Waals surface area contributed by atoms with Gasteiger partial charge in [0.25, 0.3) is 5.91 Å². The number of ether oxygens (including phenoxy) is 1. The van der Waals surface area contributed by atoms with Gasteiger partial charge >= 0.3 is 0 Å².